The number of allylic oxidation sites excluding steroid dienone is 1. The van der Waals surface area contributed by atoms with Crippen LogP contribution in [0.5, 0.6) is 0 Å². The van der Waals surface area contributed by atoms with Crippen molar-refractivity contribution < 1.29 is 19.4 Å². The Morgan fingerprint density at radius 3 is 2.72 bits per heavy atom. The Morgan fingerprint density at radius 1 is 1.50 bits per heavy atom. The fraction of sp³-hybridized carbons (Fsp3) is 0.538. The highest BCUT2D eigenvalue weighted by molar-refractivity contribution is 6.23. The molecule has 0 saturated heterocycles. The second-order valence-corrected chi connectivity index (χ2v) is 4.99. The van der Waals surface area contributed by atoms with E-state index in [0.29, 0.717) is 17.9 Å². The lowest BCUT2D eigenvalue weighted by atomic mass is 9.98. The van der Waals surface area contributed by atoms with Crippen molar-refractivity contribution in [2.75, 3.05) is 0 Å². The highest BCUT2D eigenvalue weighted by Gasteiger charge is 2.40. The van der Waals surface area contributed by atoms with E-state index in [2.05, 4.69) is 5.32 Å². The zero-order valence-electron chi connectivity index (χ0n) is 10.7. The Morgan fingerprint density at radius 2 is 2.17 bits per heavy atom. The molecule has 18 heavy (non-hydrogen) atoms. The number of ketones is 1. The van der Waals surface area contributed by atoms with Gasteiger partial charge in [0.25, 0.3) is 5.91 Å². The molecule has 2 aliphatic rings. The van der Waals surface area contributed by atoms with Gasteiger partial charge in [-0.15, -0.1) is 0 Å². The molecule has 5 nitrogen and oxygen atoms in total. The largest absolute Gasteiger partial charge is 0.487 e. The number of aliphatic hydroxyl groups excluding tert-OH is 1. The number of hydrogen-bond acceptors (Lipinski definition) is 4. The van der Waals surface area contributed by atoms with Gasteiger partial charge in [-0.3, -0.25) is 9.59 Å². The van der Waals surface area contributed by atoms with Gasteiger partial charge in [0.15, 0.2) is 11.5 Å². The van der Waals surface area contributed by atoms with Crippen LogP contribution in [0.2, 0.25) is 0 Å². The van der Waals surface area contributed by atoms with E-state index in [1.54, 1.807) is 6.92 Å². The SMILES string of the molecule is CC(C)=C1NC(=O)C2=C1OC(CC(C)O)CC2=O. The second-order valence-electron chi connectivity index (χ2n) is 4.99. The van der Waals surface area contributed by atoms with E-state index in [1.807, 2.05) is 13.8 Å². The number of carbonyl (C=O) groups excluding carboxylic acids is 2. The summed E-state index contributed by atoms with van der Waals surface area (Å²) < 4.78 is 5.69. The molecule has 5 heteroatoms. The number of carbonyl (C=O) groups is 2. The summed E-state index contributed by atoms with van der Waals surface area (Å²) in [5.41, 5.74) is 1.59. The van der Waals surface area contributed by atoms with E-state index in [1.165, 1.54) is 0 Å². The number of rotatable bonds is 2. The first-order valence-corrected chi connectivity index (χ1v) is 6.01. The zero-order valence-corrected chi connectivity index (χ0v) is 10.7. The summed E-state index contributed by atoms with van der Waals surface area (Å²) >= 11 is 0. The molecule has 2 N–H and O–H groups in total. The van der Waals surface area contributed by atoms with Gasteiger partial charge in [-0.05, 0) is 26.3 Å². The fourth-order valence-electron chi connectivity index (χ4n) is 2.21. The minimum Gasteiger partial charge on any atom is -0.487 e. The van der Waals surface area contributed by atoms with E-state index >= 15 is 0 Å². The molecule has 0 aliphatic carbocycles. The van der Waals surface area contributed by atoms with Crippen LogP contribution in [0.1, 0.15) is 33.6 Å². The normalized spacial score (nSPS) is 24.7. The lowest BCUT2D eigenvalue weighted by Crippen LogP contribution is -2.29. The third-order valence-electron chi connectivity index (χ3n) is 3.00. The van der Waals surface area contributed by atoms with Crippen molar-refractivity contribution >= 4 is 11.7 Å². The van der Waals surface area contributed by atoms with Crippen molar-refractivity contribution in [1.82, 2.24) is 5.32 Å². The maximum absolute atomic E-state index is 11.9. The summed E-state index contributed by atoms with van der Waals surface area (Å²) in [4.78, 5) is 23.7. The minimum absolute atomic E-state index is 0.119. The van der Waals surface area contributed by atoms with Crippen LogP contribution in [-0.2, 0) is 14.3 Å². The highest BCUT2D eigenvalue weighted by Crippen LogP contribution is 2.33. The Kier molecular flexibility index (Phi) is 3.26. The van der Waals surface area contributed by atoms with Crippen LogP contribution < -0.4 is 5.32 Å². The molecule has 2 heterocycles. The molecule has 2 aliphatic heterocycles. The molecule has 0 aromatic carbocycles. The van der Waals surface area contributed by atoms with Crippen LogP contribution >= 0.6 is 0 Å². The lowest BCUT2D eigenvalue weighted by Gasteiger charge is -2.25. The smallest absolute Gasteiger partial charge is 0.263 e. The molecule has 2 atom stereocenters. The summed E-state index contributed by atoms with van der Waals surface area (Å²) in [7, 11) is 0. The first kappa shape index (κ1) is 12.8. The third-order valence-corrected chi connectivity index (χ3v) is 3.00. The Bertz CT molecular complexity index is 469. The summed E-state index contributed by atoms with van der Waals surface area (Å²) in [5, 5.41) is 12.0. The van der Waals surface area contributed by atoms with Crippen LogP contribution in [0.15, 0.2) is 22.6 Å². The molecule has 0 fully saturated rings. The molecule has 0 spiro atoms. The van der Waals surface area contributed by atoms with Crippen molar-refractivity contribution in [3.8, 4) is 0 Å². The monoisotopic (exact) mass is 251 g/mol. The number of amides is 1. The summed E-state index contributed by atoms with van der Waals surface area (Å²) in [6.07, 6.45) is -0.372. The molecule has 0 bridgehead atoms. The predicted octanol–water partition coefficient (Wildman–Crippen LogP) is 0.793. The van der Waals surface area contributed by atoms with Crippen LogP contribution in [0.4, 0.5) is 0 Å². The van der Waals surface area contributed by atoms with Crippen molar-refractivity contribution in [1.29, 1.82) is 0 Å². The number of hydrogen-bond donors (Lipinski definition) is 2. The molecule has 1 amide bonds. The van der Waals surface area contributed by atoms with E-state index < -0.39 is 6.10 Å². The van der Waals surface area contributed by atoms with Gasteiger partial charge in [-0.1, -0.05) is 0 Å². The molecule has 0 aromatic heterocycles. The van der Waals surface area contributed by atoms with Gasteiger partial charge in [-0.2, -0.15) is 0 Å². The van der Waals surface area contributed by atoms with Crippen molar-refractivity contribution in [2.45, 2.75) is 45.8 Å². The molecular weight excluding hydrogens is 234 g/mol. The second kappa shape index (κ2) is 4.57. The van der Waals surface area contributed by atoms with Gasteiger partial charge in [0.05, 0.1) is 11.8 Å². The maximum atomic E-state index is 11.9. The van der Waals surface area contributed by atoms with Gasteiger partial charge in [0.2, 0.25) is 0 Å². The minimum atomic E-state index is -0.537. The first-order valence-electron chi connectivity index (χ1n) is 6.01. The quantitative estimate of drug-likeness (QED) is 0.712. The van der Waals surface area contributed by atoms with Gasteiger partial charge in [0, 0.05) is 12.8 Å². The standard InChI is InChI=1S/C13H17NO4/c1-6(2)11-12-10(13(17)14-11)9(16)5-8(18-12)4-7(3)15/h7-8,15H,4-5H2,1-3H3,(H,14,17). The number of aliphatic hydroxyl groups is 1. The van der Waals surface area contributed by atoms with E-state index in [4.69, 9.17) is 4.74 Å². The molecule has 2 rings (SSSR count). The zero-order chi connectivity index (χ0) is 13.4. The van der Waals surface area contributed by atoms with Crippen LogP contribution in [0.25, 0.3) is 0 Å². The van der Waals surface area contributed by atoms with E-state index in [0.717, 1.165) is 5.57 Å². The van der Waals surface area contributed by atoms with E-state index in [-0.39, 0.29) is 29.8 Å². The average Bonchev–Trinajstić information content (AvgIpc) is 2.55. The Hall–Kier alpha value is -1.62. The molecule has 0 saturated carbocycles. The maximum Gasteiger partial charge on any atom is 0.263 e. The number of Topliss-reactive ketones (excluding diaryl/α,β-unsaturated/α-hetero) is 1. The molecular formula is C13H17NO4. The molecule has 98 valence electrons. The van der Waals surface area contributed by atoms with Gasteiger partial charge < -0.3 is 15.2 Å². The van der Waals surface area contributed by atoms with Crippen LogP contribution in [0, 0.1) is 0 Å². The third kappa shape index (κ3) is 2.18. The van der Waals surface area contributed by atoms with E-state index in [9.17, 15) is 14.7 Å². The number of nitrogens with one attached hydrogen (secondary N) is 1. The fourth-order valence-corrected chi connectivity index (χ4v) is 2.21. The van der Waals surface area contributed by atoms with Crippen molar-refractivity contribution in [3.05, 3.63) is 22.6 Å². The van der Waals surface area contributed by atoms with Crippen LogP contribution in [0.3, 0.4) is 0 Å². The van der Waals surface area contributed by atoms with Crippen molar-refractivity contribution in [3.63, 3.8) is 0 Å². The highest BCUT2D eigenvalue weighted by atomic mass is 16.5. The predicted molar refractivity (Wildman–Crippen MR) is 64.3 cm³/mol. The van der Waals surface area contributed by atoms with Crippen molar-refractivity contribution in [2.24, 2.45) is 0 Å². The lowest BCUT2D eigenvalue weighted by molar-refractivity contribution is -0.124. The summed E-state index contributed by atoms with van der Waals surface area (Å²) in [5.74, 6) is -0.251. The summed E-state index contributed by atoms with van der Waals surface area (Å²) in [6.45, 7) is 5.34. The van der Waals surface area contributed by atoms with Gasteiger partial charge in [0.1, 0.15) is 11.7 Å². The Labute approximate surface area is 106 Å². The molecule has 0 radical (unpaired) electrons. The first-order chi connectivity index (χ1) is 8.40. The Balaban J connectivity index is 2.34. The van der Waals surface area contributed by atoms with Gasteiger partial charge >= 0.3 is 0 Å². The summed E-state index contributed by atoms with van der Waals surface area (Å²) in [6, 6.07) is 0. The average molecular weight is 251 g/mol. The molecule has 0 aromatic rings. The van der Waals surface area contributed by atoms with Gasteiger partial charge in [-0.25, -0.2) is 0 Å². The number of ether oxygens (including phenoxy) is 1. The topological polar surface area (TPSA) is 75.6 Å². The van der Waals surface area contributed by atoms with Crippen LogP contribution in [-0.4, -0.2) is 29.0 Å². The molecule has 2 unspecified atom stereocenters.